The predicted octanol–water partition coefficient (Wildman–Crippen LogP) is 6.74. The van der Waals surface area contributed by atoms with Gasteiger partial charge in [-0.15, -0.1) is 0 Å². The standard InChI is InChI=1S/C27H23Cl2F2NO5S/c1-16(27-20(28)4-3-5-23(27)31)12-17-6-10-25-24(13-17)32(15-18(37-25)7-11-26(33)36-2)38(34,35)19-8-9-22(30)21(29)14-19/h3-6,8-10,12-14,18H,7,11,15H2,1-2H3. The molecule has 0 fully saturated rings. The summed E-state index contributed by atoms with van der Waals surface area (Å²) in [5.41, 5.74) is 1.55. The van der Waals surface area contributed by atoms with Crippen molar-refractivity contribution in [1.82, 2.24) is 0 Å². The summed E-state index contributed by atoms with van der Waals surface area (Å²) in [6.07, 6.45) is 1.24. The molecule has 4 rings (SSSR count). The molecule has 38 heavy (non-hydrogen) atoms. The number of esters is 1. The van der Waals surface area contributed by atoms with E-state index in [-0.39, 0.29) is 51.3 Å². The second kappa shape index (κ2) is 11.3. The average molecular weight is 582 g/mol. The number of hydrogen-bond donors (Lipinski definition) is 0. The van der Waals surface area contributed by atoms with Gasteiger partial charge in [0.2, 0.25) is 0 Å². The molecule has 0 spiro atoms. The molecule has 3 aromatic rings. The SMILES string of the molecule is COC(=O)CCC1CN(S(=O)(=O)c2ccc(F)c(Cl)c2)c2cc(C=C(C)c3c(F)cccc3Cl)ccc2O1. The van der Waals surface area contributed by atoms with Crippen molar-refractivity contribution in [3.8, 4) is 5.75 Å². The number of carbonyl (C=O) groups excluding carboxylic acids is 1. The van der Waals surface area contributed by atoms with Gasteiger partial charge in [0, 0.05) is 12.0 Å². The van der Waals surface area contributed by atoms with Gasteiger partial charge in [-0.3, -0.25) is 9.10 Å². The summed E-state index contributed by atoms with van der Waals surface area (Å²) in [5.74, 6) is -1.43. The molecule has 0 amide bonds. The van der Waals surface area contributed by atoms with Gasteiger partial charge in [-0.1, -0.05) is 41.4 Å². The quantitative estimate of drug-likeness (QED) is 0.228. The van der Waals surface area contributed by atoms with Crippen molar-refractivity contribution in [3.63, 3.8) is 0 Å². The fourth-order valence-electron chi connectivity index (χ4n) is 4.14. The number of nitrogens with zero attached hydrogens (tertiary/aromatic N) is 1. The van der Waals surface area contributed by atoms with Gasteiger partial charge >= 0.3 is 5.97 Å². The lowest BCUT2D eigenvalue weighted by atomic mass is 10.0. The van der Waals surface area contributed by atoms with Crippen LogP contribution in [-0.4, -0.2) is 34.1 Å². The average Bonchev–Trinajstić information content (AvgIpc) is 2.88. The van der Waals surface area contributed by atoms with Gasteiger partial charge in [0.15, 0.2) is 0 Å². The van der Waals surface area contributed by atoms with Crippen LogP contribution in [0.3, 0.4) is 0 Å². The fourth-order valence-corrected chi connectivity index (χ4v) is 6.22. The number of halogens is 4. The molecule has 3 aromatic carbocycles. The molecule has 1 heterocycles. The van der Waals surface area contributed by atoms with Crippen molar-refractivity contribution < 1.29 is 31.5 Å². The van der Waals surface area contributed by atoms with Crippen LogP contribution in [0.5, 0.6) is 5.75 Å². The Kier molecular flexibility index (Phi) is 8.30. The molecule has 0 N–H and O–H groups in total. The van der Waals surface area contributed by atoms with E-state index in [1.165, 1.54) is 19.2 Å². The Morgan fingerprint density at radius 3 is 2.55 bits per heavy atom. The zero-order valence-electron chi connectivity index (χ0n) is 20.4. The van der Waals surface area contributed by atoms with Crippen molar-refractivity contribution in [2.45, 2.75) is 30.8 Å². The van der Waals surface area contributed by atoms with Gasteiger partial charge in [0.05, 0.1) is 34.3 Å². The highest BCUT2D eigenvalue weighted by atomic mass is 35.5. The zero-order chi connectivity index (χ0) is 27.6. The molecule has 0 saturated heterocycles. The molecular formula is C27H23Cl2F2NO5S. The topological polar surface area (TPSA) is 72.9 Å². The van der Waals surface area contributed by atoms with Gasteiger partial charge in [-0.2, -0.15) is 0 Å². The van der Waals surface area contributed by atoms with Crippen LogP contribution in [0.25, 0.3) is 11.6 Å². The minimum absolute atomic E-state index is 0.0240. The van der Waals surface area contributed by atoms with E-state index >= 15 is 0 Å². The van der Waals surface area contributed by atoms with Crippen LogP contribution in [0.1, 0.15) is 30.9 Å². The van der Waals surface area contributed by atoms with Crippen molar-refractivity contribution in [1.29, 1.82) is 0 Å². The number of anilines is 1. The third kappa shape index (κ3) is 5.80. The van der Waals surface area contributed by atoms with Crippen LogP contribution >= 0.6 is 23.2 Å². The first-order valence-electron chi connectivity index (χ1n) is 11.5. The van der Waals surface area contributed by atoms with Crippen LogP contribution < -0.4 is 9.04 Å². The maximum absolute atomic E-state index is 14.4. The molecule has 1 aliphatic rings. The molecule has 11 heteroatoms. The lowest BCUT2D eigenvalue weighted by Crippen LogP contribution is -2.43. The number of rotatable bonds is 7. The maximum atomic E-state index is 14.4. The van der Waals surface area contributed by atoms with Crippen LogP contribution in [0.4, 0.5) is 14.5 Å². The minimum Gasteiger partial charge on any atom is -0.486 e. The number of sulfonamides is 1. The van der Waals surface area contributed by atoms with Gasteiger partial charge in [0.25, 0.3) is 10.0 Å². The van der Waals surface area contributed by atoms with Gasteiger partial charge in [-0.05, 0) is 66.9 Å². The van der Waals surface area contributed by atoms with Crippen molar-refractivity contribution in [2.75, 3.05) is 18.0 Å². The van der Waals surface area contributed by atoms with Crippen molar-refractivity contribution in [2.24, 2.45) is 0 Å². The number of fused-ring (bicyclic) bond motifs is 1. The summed E-state index contributed by atoms with van der Waals surface area (Å²) in [4.78, 5) is 11.5. The Morgan fingerprint density at radius 2 is 1.87 bits per heavy atom. The zero-order valence-corrected chi connectivity index (χ0v) is 22.7. The third-order valence-corrected chi connectivity index (χ3v) is 8.41. The predicted molar refractivity (Wildman–Crippen MR) is 143 cm³/mol. The molecule has 200 valence electrons. The first kappa shape index (κ1) is 27.9. The lowest BCUT2D eigenvalue weighted by molar-refractivity contribution is -0.141. The highest BCUT2D eigenvalue weighted by Crippen LogP contribution is 2.40. The minimum atomic E-state index is -4.22. The summed E-state index contributed by atoms with van der Waals surface area (Å²) in [5, 5.41) is -0.0956. The molecule has 0 aliphatic carbocycles. The molecule has 0 radical (unpaired) electrons. The molecule has 6 nitrogen and oxygen atoms in total. The third-order valence-electron chi connectivity index (χ3n) is 6.03. The number of ether oxygens (including phenoxy) is 2. The van der Waals surface area contributed by atoms with Crippen molar-refractivity contribution in [3.05, 3.63) is 87.4 Å². The van der Waals surface area contributed by atoms with E-state index in [1.54, 1.807) is 37.3 Å². The Balaban J connectivity index is 1.78. The number of carbonyl (C=O) groups is 1. The van der Waals surface area contributed by atoms with Crippen LogP contribution in [0.15, 0.2) is 59.5 Å². The van der Waals surface area contributed by atoms with Gasteiger partial charge < -0.3 is 9.47 Å². The Hall–Kier alpha value is -3.14. The Labute approximate surface area is 229 Å². The number of benzene rings is 3. The highest BCUT2D eigenvalue weighted by molar-refractivity contribution is 7.92. The van der Waals surface area contributed by atoms with E-state index < -0.39 is 33.7 Å². The van der Waals surface area contributed by atoms with E-state index in [1.807, 2.05) is 0 Å². The second-order valence-corrected chi connectivity index (χ2v) is 11.3. The largest absolute Gasteiger partial charge is 0.486 e. The second-order valence-electron chi connectivity index (χ2n) is 8.62. The normalized spacial score (nSPS) is 15.6. The molecule has 1 unspecified atom stereocenters. The van der Waals surface area contributed by atoms with Crippen LogP contribution in [0.2, 0.25) is 10.0 Å². The van der Waals surface area contributed by atoms with E-state index in [0.29, 0.717) is 11.1 Å². The first-order chi connectivity index (χ1) is 18.0. The smallest absolute Gasteiger partial charge is 0.305 e. The number of hydrogen-bond acceptors (Lipinski definition) is 5. The van der Waals surface area contributed by atoms with E-state index in [9.17, 15) is 22.0 Å². The summed E-state index contributed by atoms with van der Waals surface area (Å²) >= 11 is 12.1. The molecular weight excluding hydrogens is 559 g/mol. The molecule has 0 saturated carbocycles. The van der Waals surface area contributed by atoms with Crippen molar-refractivity contribution >= 4 is 56.5 Å². The van der Waals surface area contributed by atoms with Gasteiger partial charge in [0.1, 0.15) is 23.5 Å². The number of methoxy groups -OCH3 is 1. The van der Waals surface area contributed by atoms with E-state index in [2.05, 4.69) is 4.74 Å². The summed E-state index contributed by atoms with van der Waals surface area (Å²) in [6.45, 7) is 1.57. The monoisotopic (exact) mass is 581 g/mol. The highest BCUT2D eigenvalue weighted by Gasteiger charge is 2.35. The summed E-state index contributed by atoms with van der Waals surface area (Å²) < 4.78 is 67.5. The molecule has 0 aromatic heterocycles. The van der Waals surface area contributed by atoms with E-state index in [4.69, 9.17) is 27.9 Å². The Morgan fingerprint density at radius 1 is 1.11 bits per heavy atom. The van der Waals surface area contributed by atoms with Crippen LogP contribution in [-0.2, 0) is 19.6 Å². The Bertz CT molecular complexity index is 1510. The molecule has 1 atom stereocenters. The van der Waals surface area contributed by atoms with Gasteiger partial charge in [-0.25, -0.2) is 17.2 Å². The lowest BCUT2D eigenvalue weighted by Gasteiger charge is -2.35. The van der Waals surface area contributed by atoms with Crippen LogP contribution in [0, 0.1) is 11.6 Å². The summed E-state index contributed by atoms with van der Waals surface area (Å²) in [7, 11) is -2.95. The number of allylic oxidation sites excluding steroid dienone is 1. The maximum Gasteiger partial charge on any atom is 0.305 e. The molecule has 0 bridgehead atoms. The molecule has 1 aliphatic heterocycles. The van der Waals surface area contributed by atoms with E-state index in [0.717, 1.165) is 22.5 Å². The summed E-state index contributed by atoms with van der Waals surface area (Å²) in [6, 6.07) is 12.4. The first-order valence-corrected chi connectivity index (χ1v) is 13.7. The fraction of sp³-hybridized carbons (Fsp3) is 0.222.